The van der Waals surface area contributed by atoms with Crippen LogP contribution in [-0.4, -0.2) is 48.2 Å². The third-order valence-corrected chi connectivity index (χ3v) is 3.87. The summed E-state index contributed by atoms with van der Waals surface area (Å²) in [6.07, 6.45) is 2.54. The molecule has 4 nitrogen and oxygen atoms in total. The maximum absolute atomic E-state index is 12.5. The predicted octanol–water partition coefficient (Wildman–Crippen LogP) is 1.44. The number of hydrogen-bond donors (Lipinski definition) is 2. The van der Waals surface area contributed by atoms with E-state index in [4.69, 9.17) is 0 Å². The number of β-amino-alcohol motifs (C(OH)–C–C–N with tert-alkyl or cyclic N) is 1. The topological polar surface area (TPSA) is 52.6 Å². The summed E-state index contributed by atoms with van der Waals surface area (Å²) in [4.78, 5) is 14.2. The zero-order valence-corrected chi connectivity index (χ0v) is 12.4. The van der Waals surface area contributed by atoms with Crippen LogP contribution in [0.1, 0.15) is 35.7 Å². The lowest BCUT2D eigenvalue weighted by molar-refractivity contribution is -0.0860. The molecule has 0 radical (unpaired) electrons. The van der Waals surface area contributed by atoms with E-state index in [1.807, 2.05) is 31.3 Å². The number of amides is 1. The number of likely N-dealkylation sites (N-methyl/N-ethyl adjacent to an activating group) is 1. The highest BCUT2D eigenvalue weighted by Crippen LogP contribution is 2.27. The Morgan fingerprint density at radius 2 is 2.10 bits per heavy atom. The van der Waals surface area contributed by atoms with E-state index in [2.05, 4.69) is 12.2 Å². The van der Waals surface area contributed by atoms with Gasteiger partial charge in [0, 0.05) is 5.56 Å². The van der Waals surface area contributed by atoms with Crippen molar-refractivity contribution >= 4 is 5.91 Å². The lowest BCUT2D eigenvalue weighted by Crippen LogP contribution is -2.63. The highest BCUT2D eigenvalue weighted by atomic mass is 16.3. The molecule has 1 aliphatic heterocycles. The van der Waals surface area contributed by atoms with Crippen LogP contribution in [0, 0.1) is 0 Å². The zero-order chi connectivity index (χ0) is 14.6. The second kappa shape index (κ2) is 6.37. The number of aliphatic hydroxyl groups is 1. The van der Waals surface area contributed by atoms with Crippen LogP contribution < -0.4 is 5.32 Å². The monoisotopic (exact) mass is 276 g/mol. The second-order valence-corrected chi connectivity index (χ2v) is 5.65. The number of carbonyl (C=O) groups excluding carboxylic acids is 1. The molecule has 1 saturated heterocycles. The number of nitrogens with one attached hydrogen (secondary N) is 1. The number of rotatable bonds is 6. The Morgan fingerprint density at radius 1 is 1.40 bits per heavy atom. The normalized spacial score (nSPS) is 16.9. The van der Waals surface area contributed by atoms with Crippen molar-refractivity contribution in [3.8, 4) is 0 Å². The van der Waals surface area contributed by atoms with Crippen molar-refractivity contribution in [3.05, 3.63) is 35.4 Å². The molecule has 4 heteroatoms. The molecular formula is C16H24N2O2. The van der Waals surface area contributed by atoms with E-state index < -0.39 is 5.60 Å². The molecule has 110 valence electrons. The van der Waals surface area contributed by atoms with Gasteiger partial charge in [0.2, 0.25) is 0 Å². The number of likely N-dealkylation sites (tertiary alicyclic amines) is 1. The summed E-state index contributed by atoms with van der Waals surface area (Å²) in [6.45, 7) is 3.82. The largest absolute Gasteiger partial charge is 0.386 e. The van der Waals surface area contributed by atoms with Crippen molar-refractivity contribution in [1.82, 2.24) is 10.2 Å². The minimum absolute atomic E-state index is 0.0393. The van der Waals surface area contributed by atoms with Gasteiger partial charge >= 0.3 is 0 Å². The molecule has 0 aliphatic carbocycles. The Balaban J connectivity index is 2.04. The maximum Gasteiger partial charge on any atom is 0.254 e. The first-order valence-electron chi connectivity index (χ1n) is 7.34. The van der Waals surface area contributed by atoms with Crippen LogP contribution in [0.3, 0.4) is 0 Å². The lowest BCUT2D eigenvalue weighted by atomic mass is 9.88. The minimum atomic E-state index is -0.662. The fourth-order valence-electron chi connectivity index (χ4n) is 2.81. The van der Waals surface area contributed by atoms with E-state index in [-0.39, 0.29) is 5.91 Å². The van der Waals surface area contributed by atoms with Crippen molar-refractivity contribution in [3.63, 3.8) is 0 Å². The van der Waals surface area contributed by atoms with E-state index in [0.717, 1.165) is 36.9 Å². The van der Waals surface area contributed by atoms with E-state index in [1.165, 1.54) is 0 Å². The molecule has 0 atom stereocenters. The highest BCUT2D eigenvalue weighted by Gasteiger charge is 2.43. The first-order chi connectivity index (χ1) is 9.59. The first kappa shape index (κ1) is 15.0. The smallest absolute Gasteiger partial charge is 0.254 e. The van der Waals surface area contributed by atoms with Crippen LogP contribution in [-0.2, 0) is 6.42 Å². The van der Waals surface area contributed by atoms with Gasteiger partial charge in [-0.15, -0.1) is 0 Å². The summed E-state index contributed by atoms with van der Waals surface area (Å²) in [5.74, 6) is 0.0393. The SMILES string of the molecule is CCCC1(O)CN(C(=O)c2ccccc2CCNC)C1. The summed E-state index contributed by atoms with van der Waals surface area (Å²) in [5, 5.41) is 13.3. The summed E-state index contributed by atoms with van der Waals surface area (Å²) >= 11 is 0. The maximum atomic E-state index is 12.5. The van der Waals surface area contributed by atoms with E-state index in [0.29, 0.717) is 13.1 Å². The molecule has 0 bridgehead atoms. The van der Waals surface area contributed by atoms with E-state index in [9.17, 15) is 9.90 Å². The number of carbonyl (C=O) groups is 1. The van der Waals surface area contributed by atoms with Gasteiger partial charge in [-0.1, -0.05) is 31.5 Å². The average molecular weight is 276 g/mol. The second-order valence-electron chi connectivity index (χ2n) is 5.65. The molecule has 2 N–H and O–H groups in total. The van der Waals surface area contributed by atoms with Gasteiger partial charge < -0.3 is 15.3 Å². The van der Waals surface area contributed by atoms with Crippen molar-refractivity contribution < 1.29 is 9.90 Å². The number of nitrogens with zero attached hydrogens (tertiary/aromatic N) is 1. The van der Waals surface area contributed by atoms with Gasteiger partial charge in [0.25, 0.3) is 5.91 Å². The molecular weight excluding hydrogens is 252 g/mol. The molecule has 1 aromatic rings. The van der Waals surface area contributed by atoms with E-state index in [1.54, 1.807) is 4.90 Å². The summed E-state index contributed by atoms with van der Waals surface area (Å²) in [7, 11) is 1.91. The molecule has 20 heavy (non-hydrogen) atoms. The zero-order valence-electron chi connectivity index (χ0n) is 12.4. The molecule has 2 rings (SSSR count). The Labute approximate surface area is 120 Å². The molecule has 1 aromatic carbocycles. The lowest BCUT2D eigenvalue weighted by Gasteiger charge is -2.46. The van der Waals surface area contributed by atoms with E-state index >= 15 is 0 Å². The van der Waals surface area contributed by atoms with Crippen molar-refractivity contribution in [2.45, 2.75) is 31.8 Å². The average Bonchev–Trinajstić information content (AvgIpc) is 2.42. The van der Waals surface area contributed by atoms with Crippen molar-refractivity contribution in [2.24, 2.45) is 0 Å². The van der Waals surface area contributed by atoms with Crippen LogP contribution >= 0.6 is 0 Å². The van der Waals surface area contributed by atoms with Gasteiger partial charge in [-0.2, -0.15) is 0 Å². The molecule has 0 unspecified atom stereocenters. The standard InChI is InChI=1S/C16H24N2O2/c1-3-9-16(20)11-18(12-16)15(19)14-7-5-4-6-13(14)8-10-17-2/h4-7,17,20H,3,8-12H2,1-2H3. The quantitative estimate of drug-likeness (QED) is 0.826. The Bertz CT molecular complexity index is 467. The Kier molecular flexibility index (Phi) is 4.78. The summed E-state index contributed by atoms with van der Waals surface area (Å²) in [6, 6.07) is 7.74. The van der Waals surface area contributed by atoms with Gasteiger partial charge in [-0.25, -0.2) is 0 Å². The van der Waals surface area contributed by atoms with Crippen LogP contribution in [0.4, 0.5) is 0 Å². The number of benzene rings is 1. The van der Waals surface area contributed by atoms with Crippen LogP contribution in [0.25, 0.3) is 0 Å². The predicted molar refractivity (Wildman–Crippen MR) is 79.8 cm³/mol. The third-order valence-electron chi connectivity index (χ3n) is 3.87. The summed E-state index contributed by atoms with van der Waals surface area (Å²) < 4.78 is 0. The third kappa shape index (κ3) is 3.19. The first-order valence-corrected chi connectivity index (χ1v) is 7.34. The molecule has 1 fully saturated rings. The molecule has 0 aromatic heterocycles. The van der Waals surface area contributed by atoms with Gasteiger partial charge in [-0.3, -0.25) is 4.79 Å². The minimum Gasteiger partial charge on any atom is -0.386 e. The fraction of sp³-hybridized carbons (Fsp3) is 0.562. The van der Waals surface area contributed by atoms with Gasteiger partial charge in [-0.05, 0) is 38.1 Å². The van der Waals surface area contributed by atoms with Crippen LogP contribution in [0.2, 0.25) is 0 Å². The van der Waals surface area contributed by atoms with Crippen molar-refractivity contribution in [2.75, 3.05) is 26.7 Å². The number of hydrogen-bond acceptors (Lipinski definition) is 3. The van der Waals surface area contributed by atoms with Crippen molar-refractivity contribution in [1.29, 1.82) is 0 Å². The Morgan fingerprint density at radius 3 is 2.75 bits per heavy atom. The fourth-order valence-corrected chi connectivity index (χ4v) is 2.81. The van der Waals surface area contributed by atoms with Gasteiger partial charge in [0.05, 0.1) is 18.7 Å². The molecule has 1 heterocycles. The van der Waals surface area contributed by atoms with Gasteiger partial charge in [0.1, 0.15) is 0 Å². The van der Waals surface area contributed by atoms with Crippen LogP contribution in [0.15, 0.2) is 24.3 Å². The van der Waals surface area contributed by atoms with Crippen LogP contribution in [0.5, 0.6) is 0 Å². The highest BCUT2D eigenvalue weighted by molar-refractivity contribution is 5.96. The molecule has 0 spiro atoms. The molecule has 1 aliphatic rings. The van der Waals surface area contributed by atoms with Gasteiger partial charge in [0.15, 0.2) is 0 Å². The molecule has 0 saturated carbocycles. The Hall–Kier alpha value is -1.39. The molecule has 1 amide bonds. The summed E-state index contributed by atoms with van der Waals surface area (Å²) in [5.41, 5.74) is 1.17.